The predicted octanol–water partition coefficient (Wildman–Crippen LogP) is 8.22. The summed E-state index contributed by atoms with van der Waals surface area (Å²) in [5.41, 5.74) is 3.77. The molecule has 4 aliphatic carbocycles. The lowest BCUT2D eigenvalue weighted by Gasteiger charge is -2.29. The van der Waals surface area contributed by atoms with Gasteiger partial charge in [-0.15, -0.1) is 0 Å². The number of ketones is 2. The maximum Gasteiger partial charge on any atom is 0.166 e. The van der Waals surface area contributed by atoms with Crippen molar-refractivity contribution in [1.29, 1.82) is 0 Å². The molecule has 0 radical (unpaired) electrons. The molecule has 4 nitrogen and oxygen atoms in total. The van der Waals surface area contributed by atoms with Gasteiger partial charge < -0.3 is 10.2 Å². The summed E-state index contributed by atoms with van der Waals surface area (Å²) in [4.78, 5) is 25.1. The first-order valence-corrected chi connectivity index (χ1v) is 15.2. The Morgan fingerprint density at radius 1 is 0.553 bits per heavy atom. The maximum atomic E-state index is 12.5. The molecule has 2 fully saturated rings. The van der Waals surface area contributed by atoms with Crippen molar-refractivity contribution in [3.8, 4) is 11.5 Å². The van der Waals surface area contributed by atoms with Gasteiger partial charge in [0, 0.05) is 23.0 Å². The second kappa shape index (κ2) is 12.5. The average molecular weight is 517 g/mol. The molecule has 0 spiro atoms. The highest BCUT2D eigenvalue weighted by atomic mass is 16.3. The van der Waals surface area contributed by atoms with Crippen LogP contribution in [0.1, 0.15) is 122 Å². The number of hydrogen-bond donors (Lipinski definition) is 2. The summed E-state index contributed by atoms with van der Waals surface area (Å²) in [6.07, 6.45) is 19.4. The molecule has 2 aromatic rings. The zero-order valence-corrected chi connectivity index (χ0v) is 22.8. The van der Waals surface area contributed by atoms with Crippen molar-refractivity contribution in [3.63, 3.8) is 0 Å². The van der Waals surface area contributed by atoms with Gasteiger partial charge in [-0.05, 0) is 85.8 Å². The van der Waals surface area contributed by atoms with Gasteiger partial charge in [0.15, 0.2) is 11.6 Å². The second-order valence-corrected chi connectivity index (χ2v) is 12.4. The third-order valence-corrected chi connectivity index (χ3v) is 9.67. The van der Waals surface area contributed by atoms with E-state index in [9.17, 15) is 19.8 Å². The molecule has 0 heterocycles. The van der Waals surface area contributed by atoms with Crippen molar-refractivity contribution >= 4 is 11.6 Å². The van der Waals surface area contributed by atoms with E-state index in [0.717, 1.165) is 72.6 Å². The Labute approximate surface area is 227 Å². The van der Waals surface area contributed by atoms with E-state index in [1.54, 1.807) is 24.3 Å². The molecular weight excluding hydrogens is 472 g/mol. The maximum absolute atomic E-state index is 12.5. The number of aryl methyl sites for hydroxylation is 2. The van der Waals surface area contributed by atoms with Crippen LogP contribution in [0.15, 0.2) is 36.4 Å². The molecule has 6 rings (SSSR count). The van der Waals surface area contributed by atoms with Crippen molar-refractivity contribution in [2.45, 2.75) is 103 Å². The molecule has 38 heavy (non-hydrogen) atoms. The number of Topliss-reactive ketones (excluding diaryl/α,β-unsaturated/α-hetero) is 2. The number of rotatable bonds is 4. The molecule has 2 N–H and O–H groups in total. The molecule has 0 saturated heterocycles. The van der Waals surface area contributed by atoms with Crippen molar-refractivity contribution in [2.24, 2.45) is 23.7 Å². The van der Waals surface area contributed by atoms with Crippen molar-refractivity contribution in [3.05, 3.63) is 58.7 Å². The first-order chi connectivity index (χ1) is 18.5. The van der Waals surface area contributed by atoms with Crippen molar-refractivity contribution in [2.75, 3.05) is 0 Å². The molecule has 4 aliphatic rings. The zero-order chi connectivity index (χ0) is 26.5. The summed E-state index contributed by atoms with van der Waals surface area (Å²) >= 11 is 0. The first-order valence-electron chi connectivity index (χ1n) is 15.2. The summed E-state index contributed by atoms with van der Waals surface area (Å²) in [5.74, 6) is 2.85. The van der Waals surface area contributed by atoms with Gasteiger partial charge in [0.2, 0.25) is 0 Å². The van der Waals surface area contributed by atoms with Crippen LogP contribution in [0.5, 0.6) is 11.5 Å². The van der Waals surface area contributed by atoms with E-state index >= 15 is 0 Å². The van der Waals surface area contributed by atoms with Gasteiger partial charge in [-0.3, -0.25) is 9.59 Å². The van der Waals surface area contributed by atoms with E-state index in [1.165, 1.54) is 64.2 Å². The fourth-order valence-corrected chi connectivity index (χ4v) is 7.49. The fraction of sp³-hybridized carbons (Fsp3) is 0.588. The van der Waals surface area contributed by atoms with Crippen LogP contribution in [0.3, 0.4) is 0 Å². The lowest BCUT2D eigenvalue weighted by Crippen LogP contribution is -2.25. The highest BCUT2D eigenvalue weighted by Crippen LogP contribution is 2.37. The molecule has 2 aromatic carbocycles. The Bertz CT molecular complexity index is 1030. The number of phenols is 2. The molecular formula is C34H44O4. The van der Waals surface area contributed by atoms with E-state index in [1.807, 2.05) is 12.1 Å². The normalized spacial score (nSPS) is 24.2. The van der Waals surface area contributed by atoms with Crippen LogP contribution in [0.2, 0.25) is 0 Å². The van der Waals surface area contributed by atoms with Crippen LogP contribution in [0.4, 0.5) is 0 Å². The lowest BCUT2D eigenvalue weighted by molar-refractivity contribution is 0.0864. The minimum atomic E-state index is 0.192. The van der Waals surface area contributed by atoms with Crippen LogP contribution < -0.4 is 0 Å². The molecule has 0 aromatic heterocycles. The van der Waals surface area contributed by atoms with Gasteiger partial charge in [-0.1, -0.05) is 76.3 Å². The Hall–Kier alpha value is -2.62. The standard InChI is InChI=1S/2C17H22O2/c2*18-15-9-8-13-6-7-14(17(19)16(13)11-15)10-12-4-2-1-3-5-12/h2*8-9,11-12,14,18H,1-7,10H2/t2*14-/m11/s1. The number of fused-ring (bicyclic) bond motifs is 2. The van der Waals surface area contributed by atoms with Crippen LogP contribution in [-0.4, -0.2) is 21.8 Å². The summed E-state index contributed by atoms with van der Waals surface area (Å²) in [7, 11) is 0. The van der Waals surface area contributed by atoms with Crippen molar-refractivity contribution < 1.29 is 19.8 Å². The topological polar surface area (TPSA) is 74.6 Å². The minimum absolute atomic E-state index is 0.192. The predicted molar refractivity (Wildman–Crippen MR) is 151 cm³/mol. The van der Waals surface area contributed by atoms with Gasteiger partial charge in [-0.2, -0.15) is 0 Å². The second-order valence-electron chi connectivity index (χ2n) is 12.4. The van der Waals surface area contributed by atoms with Crippen LogP contribution in [0.25, 0.3) is 0 Å². The van der Waals surface area contributed by atoms with E-state index in [4.69, 9.17) is 0 Å². The number of phenolic OH excluding ortho intramolecular Hbond substituents is 2. The van der Waals surface area contributed by atoms with E-state index < -0.39 is 0 Å². The quantitative estimate of drug-likeness (QED) is 0.429. The summed E-state index contributed by atoms with van der Waals surface area (Å²) in [6, 6.07) is 10.5. The summed E-state index contributed by atoms with van der Waals surface area (Å²) < 4.78 is 0. The molecule has 0 amide bonds. The number of hydrogen-bond acceptors (Lipinski definition) is 4. The highest BCUT2D eigenvalue weighted by Gasteiger charge is 2.31. The largest absolute Gasteiger partial charge is 0.508 e. The molecule has 2 saturated carbocycles. The number of aromatic hydroxyl groups is 2. The molecule has 0 aliphatic heterocycles. The average Bonchev–Trinajstić information content (AvgIpc) is 2.94. The molecule has 204 valence electrons. The molecule has 4 heteroatoms. The van der Waals surface area contributed by atoms with E-state index in [-0.39, 0.29) is 34.9 Å². The van der Waals surface area contributed by atoms with E-state index in [0.29, 0.717) is 0 Å². The monoisotopic (exact) mass is 516 g/mol. The van der Waals surface area contributed by atoms with Crippen molar-refractivity contribution in [1.82, 2.24) is 0 Å². The Morgan fingerprint density at radius 3 is 1.34 bits per heavy atom. The summed E-state index contributed by atoms with van der Waals surface area (Å²) in [6.45, 7) is 0. The third kappa shape index (κ3) is 6.50. The van der Waals surface area contributed by atoms with E-state index in [2.05, 4.69) is 0 Å². The first kappa shape index (κ1) is 27.0. The Morgan fingerprint density at radius 2 is 0.947 bits per heavy atom. The lowest BCUT2D eigenvalue weighted by atomic mass is 9.75. The number of carbonyl (C=O) groups excluding carboxylic acids is 2. The summed E-state index contributed by atoms with van der Waals surface area (Å²) in [5, 5.41) is 19.1. The van der Waals surface area contributed by atoms with Gasteiger partial charge in [0.05, 0.1) is 0 Å². The van der Waals surface area contributed by atoms with Gasteiger partial charge in [0.25, 0.3) is 0 Å². The SMILES string of the molecule is O=C1c2cc(O)ccc2CC[C@@H]1CC1CCCCC1.O=C1c2cc(O)ccc2CC[C@@H]1CC1CCCCC1. The van der Waals surface area contributed by atoms with Gasteiger partial charge >= 0.3 is 0 Å². The zero-order valence-electron chi connectivity index (χ0n) is 22.8. The molecule has 2 atom stereocenters. The van der Waals surface area contributed by atoms with Gasteiger partial charge in [-0.25, -0.2) is 0 Å². The third-order valence-electron chi connectivity index (χ3n) is 9.67. The fourth-order valence-electron chi connectivity index (χ4n) is 7.49. The van der Waals surface area contributed by atoms with Crippen LogP contribution >= 0.6 is 0 Å². The minimum Gasteiger partial charge on any atom is -0.508 e. The van der Waals surface area contributed by atoms with Crippen LogP contribution in [0, 0.1) is 23.7 Å². The molecule has 0 bridgehead atoms. The highest BCUT2D eigenvalue weighted by molar-refractivity contribution is 6.01. The van der Waals surface area contributed by atoms with Crippen LogP contribution in [-0.2, 0) is 12.8 Å². The Kier molecular flexibility index (Phi) is 8.86. The smallest absolute Gasteiger partial charge is 0.166 e. The molecule has 0 unspecified atom stereocenters. The van der Waals surface area contributed by atoms with Gasteiger partial charge in [0.1, 0.15) is 11.5 Å². The number of carbonyl (C=O) groups is 2. The number of benzene rings is 2. The Balaban J connectivity index is 0.000000155.